The lowest BCUT2D eigenvalue weighted by molar-refractivity contribution is -0.384. The zero-order valence-corrected chi connectivity index (χ0v) is 17.7. The predicted octanol–water partition coefficient (Wildman–Crippen LogP) is 4.26. The quantitative estimate of drug-likeness (QED) is 0.323. The van der Waals surface area contributed by atoms with E-state index in [1.165, 1.54) is 12.3 Å². The van der Waals surface area contributed by atoms with Crippen LogP contribution >= 0.6 is 11.6 Å². The number of halogens is 1. The molecule has 0 spiro atoms. The Bertz CT molecular complexity index is 1120. The number of anilines is 1. The first-order chi connectivity index (χ1) is 14.9. The molecule has 0 aliphatic carbocycles. The van der Waals surface area contributed by atoms with Crippen LogP contribution in [0.1, 0.15) is 29.0 Å². The SMILES string of the molecule is Cn1ccnc1C(=O)c1ccc(N2CCC(Oc3ccccc3Cl)CC2)c([N+](=O)[O-])c1. The van der Waals surface area contributed by atoms with Gasteiger partial charge in [0.15, 0.2) is 5.82 Å². The molecular weight excluding hydrogens is 420 g/mol. The highest BCUT2D eigenvalue weighted by atomic mass is 35.5. The third kappa shape index (κ3) is 4.39. The highest BCUT2D eigenvalue weighted by Gasteiger charge is 2.27. The van der Waals surface area contributed by atoms with Crippen molar-refractivity contribution in [3.8, 4) is 5.75 Å². The summed E-state index contributed by atoms with van der Waals surface area (Å²) >= 11 is 6.17. The van der Waals surface area contributed by atoms with E-state index < -0.39 is 4.92 Å². The van der Waals surface area contributed by atoms with E-state index >= 15 is 0 Å². The molecule has 0 saturated carbocycles. The molecule has 1 aromatic heterocycles. The number of nitrogens with zero attached hydrogens (tertiary/aromatic N) is 4. The third-order valence-corrected chi connectivity index (χ3v) is 5.68. The molecule has 4 rings (SSSR count). The van der Waals surface area contributed by atoms with Crippen molar-refractivity contribution >= 4 is 28.8 Å². The fourth-order valence-corrected chi connectivity index (χ4v) is 3.91. The van der Waals surface area contributed by atoms with Gasteiger partial charge in [-0.15, -0.1) is 0 Å². The Labute approximate surface area is 184 Å². The summed E-state index contributed by atoms with van der Waals surface area (Å²) in [5, 5.41) is 12.3. The van der Waals surface area contributed by atoms with Gasteiger partial charge in [-0.25, -0.2) is 4.98 Å². The minimum atomic E-state index is -0.448. The van der Waals surface area contributed by atoms with E-state index in [0.29, 0.717) is 42.4 Å². The van der Waals surface area contributed by atoms with Crippen LogP contribution in [-0.4, -0.2) is 39.5 Å². The second-order valence-corrected chi connectivity index (χ2v) is 7.79. The zero-order chi connectivity index (χ0) is 22.0. The second kappa shape index (κ2) is 8.77. The van der Waals surface area contributed by atoms with Gasteiger partial charge in [0.1, 0.15) is 17.5 Å². The molecule has 1 aliphatic rings. The van der Waals surface area contributed by atoms with Crippen molar-refractivity contribution < 1.29 is 14.5 Å². The first kappa shape index (κ1) is 20.9. The van der Waals surface area contributed by atoms with E-state index in [1.54, 1.807) is 36.0 Å². The molecule has 3 aromatic rings. The zero-order valence-electron chi connectivity index (χ0n) is 16.9. The maximum absolute atomic E-state index is 12.7. The monoisotopic (exact) mass is 440 g/mol. The van der Waals surface area contributed by atoms with Gasteiger partial charge in [0.05, 0.1) is 9.95 Å². The van der Waals surface area contributed by atoms with Gasteiger partial charge in [-0.1, -0.05) is 23.7 Å². The van der Waals surface area contributed by atoms with Crippen molar-refractivity contribution in [3.05, 3.63) is 81.4 Å². The van der Waals surface area contributed by atoms with Crippen molar-refractivity contribution in [3.63, 3.8) is 0 Å². The maximum Gasteiger partial charge on any atom is 0.293 e. The number of rotatable bonds is 6. The Morgan fingerprint density at radius 1 is 1.23 bits per heavy atom. The Kier molecular flexibility index (Phi) is 5.90. The summed E-state index contributed by atoms with van der Waals surface area (Å²) in [7, 11) is 1.71. The molecule has 8 nitrogen and oxygen atoms in total. The van der Waals surface area contributed by atoms with E-state index in [1.807, 2.05) is 23.1 Å². The van der Waals surface area contributed by atoms with Crippen LogP contribution in [0.15, 0.2) is 54.9 Å². The predicted molar refractivity (Wildman–Crippen MR) is 117 cm³/mol. The molecule has 0 amide bonds. The largest absolute Gasteiger partial charge is 0.489 e. The number of piperidine rings is 1. The molecule has 9 heteroatoms. The van der Waals surface area contributed by atoms with Crippen molar-refractivity contribution in [2.75, 3.05) is 18.0 Å². The molecule has 1 saturated heterocycles. The summed E-state index contributed by atoms with van der Waals surface area (Å²) in [4.78, 5) is 30.0. The van der Waals surface area contributed by atoms with Crippen LogP contribution in [-0.2, 0) is 7.05 Å². The highest BCUT2D eigenvalue weighted by molar-refractivity contribution is 6.32. The number of aromatic nitrogens is 2. The molecule has 160 valence electrons. The van der Waals surface area contributed by atoms with Gasteiger partial charge in [-0.3, -0.25) is 14.9 Å². The Morgan fingerprint density at radius 3 is 2.61 bits per heavy atom. The molecule has 0 unspecified atom stereocenters. The van der Waals surface area contributed by atoms with Gasteiger partial charge >= 0.3 is 0 Å². The molecule has 0 atom stereocenters. The van der Waals surface area contributed by atoms with Crippen LogP contribution in [0.5, 0.6) is 5.75 Å². The normalized spacial score (nSPS) is 14.5. The van der Waals surface area contributed by atoms with E-state index in [-0.39, 0.29) is 29.0 Å². The van der Waals surface area contributed by atoms with E-state index in [2.05, 4.69) is 4.98 Å². The number of benzene rings is 2. The van der Waals surface area contributed by atoms with Crippen LogP contribution in [0.2, 0.25) is 5.02 Å². The second-order valence-electron chi connectivity index (χ2n) is 7.39. The fourth-order valence-electron chi connectivity index (χ4n) is 3.73. The number of hydrogen-bond donors (Lipinski definition) is 0. The standard InChI is InChI=1S/C22H21ClN4O4/c1-25-13-10-24-22(25)21(28)15-6-7-18(19(14-15)27(29)30)26-11-8-16(9-12-26)31-20-5-3-2-4-17(20)23/h2-7,10,13-14,16H,8-9,11-12H2,1H3. The number of ketones is 1. The molecule has 0 radical (unpaired) electrons. The lowest BCUT2D eigenvalue weighted by Crippen LogP contribution is -2.38. The Morgan fingerprint density at radius 2 is 1.97 bits per heavy atom. The minimum absolute atomic E-state index is 0.0144. The molecule has 31 heavy (non-hydrogen) atoms. The number of aryl methyl sites for hydroxylation is 1. The first-order valence-electron chi connectivity index (χ1n) is 9.90. The lowest BCUT2D eigenvalue weighted by Gasteiger charge is -2.33. The Hall–Kier alpha value is -3.39. The number of carbonyl (C=O) groups is 1. The molecule has 0 N–H and O–H groups in total. The van der Waals surface area contributed by atoms with Crippen LogP contribution in [0.4, 0.5) is 11.4 Å². The van der Waals surface area contributed by atoms with Crippen molar-refractivity contribution in [1.29, 1.82) is 0 Å². The molecule has 0 bridgehead atoms. The summed E-state index contributed by atoms with van der Waals surface area (Å²) in [6.07, 6.45) is 4.57. The number of hydrogen-bond acceptors (Lipinski definition) is 6. The molecule has 2 heterocycles. The number of nitro groups is 1. The maximum atomic E-state index is 12.7. The van der Waals surface area contributed by atoms with Gasteiger partial charge < -0.3 is 14.2 Å². The van der Waals surface area contributed by atoms with Crippen LogP contribution < -0.4 is 9.64 Å². The smallest absolute Gasteiger partial charge is 0.293 e. The van der Waals surface area contributed by atoms with Crippen molar-refractivity contribution in [1.82, 2.24) is 9.55 Å². The van der Waals surface area contributed by atoms with Gasteiger partial charge in [0.2, 0.25) is 5.78 Å². The fraction of sp³-hybridized carbons (Fsp3) is 0.273. The summed E-state index contributed by atoms with van der Waals surface area (Å²) in [5.41, 5.74) is 0.643. The molecular formula is C22H21ClN4O4. The molecule has 1 aliphatic heterocycles. The first-order valence-corrected chi connectivity index (χ1v) is 10.3. The third-order valence-electron chi connectivity index (χ3n) is 5.37. The van der Waals surface area contributed by atoms with E-state index in [9.17, 15) is 14.9 Å². The van der Waals surface area contributed by atoms with Crippen molar-refractivity contribution in [2.45, 2.75) is 18.9 Å². The van der Waals surface area contributed by atoms with E-state index in [0.717, 1.165) is 0 Å². The molecule has 2 aromatic carbocycles. The van der Waals surface area contributed by atoms with Crippen molar-refractivity contribution in [2.24, 2.45) is 7.05 Å². The summed E-state index contributed by atoms with van der Waals surface area (Å²) in [6, 6.07) is 11.9. The van der Waals surface area contributed by atoms with E-state index in [4.69, 9.17) is 16.3 Å². The van der Waals surface area contributed by atoms with Gasteiger partial charge in [-0.2, -0.15) is 0 Å². The summed E-state index contributed by atoms with van der Waals surface area (Å²) in [5.74, 6) is 0.527. The number of para-hydroxylation sites is 1. The number of imidazole rings is 1. The lowest BCUT2D eigenvalue weighted by atomic mass is 10.0. The highest BCUT2D eigenvalue weighted by Crippen LogP contribution is 2.33. The summed E-state index contributed by atoms with van der Waals surface area (Å²) in [6.45, 7) is 1.20. The van der Waals surface area contributed by atoms with Gasteiger partial charge in [0.25, 0.3) is 5.69 Å². The molecule has 1 fully saturated rings. The topological polar surface area (TPSA) is 90.5 Å². The number of ether oxygens (including phenoxy) is 1. The number of carbonyl (C=O) groups excluding carboxylic acids is 1. The van der Waals surface area contributed by atoms with Crippen LogP contribution in [0.25, 0.3) is 0 Å². The van der Waals surface area contributed by atoms with Gasteiger partial charge in [-0.05, 0) is 24.3 Å². The number of nitro benzene ring substituents is 1. The average molecular weight is 441 g/mol. The van der Waals surface area contributed by atoms with Crippen LogP contribution in [0, 0.1) is 10.1 Å². The summed E-state index contributed by atoms with van der Waals surface area (Å²) < 4.78 is 7.59. The minimum Gasteiger partial charge on any atom is -0.489 e. The van der Waals surface area contributed by atoms with Gasteiger partial charge in [0, 0.05) is 57.0 Å². The Balaban J connectivity index is 1.50. The average Bonchev–Trinajstić information content (AvgIpc) is 3.21. The van der Waals surface area contributed by atoms with Crippen LogP contribution in [0.3, 0.4) is 0 Å².